The highest BCUT2D eigenvalue weighted by molar-refractivity contribution is 6.29. The molecule has 2 aromatic rings. The van der Waals surface area contributed by atoms with Crippen molar-refractivity contribution in [2.75, 3.05) is 0 Å². The van der Waals surface area contributed by atoms with Crippen LogP contribution in [0.1, 0.15) is 23.9 Å². The van der Waals surface area contributed by atoms with Gasteiger partial charge in [-0.25, -0.2) is 9.37 Å². The number of aryl methyl sites for hydroxylation is 1. The molecule has 4 nitrogen and oxygen atoms in total. The molecule has 102 valence electrons. The second-order valence-electron chi connectivity index (χ2n) is 4.23. The van der Waals surface area contributed by atoms with Crippen LogP contribution in [-0.4, -0.2) is 9.55 Å². The molecule has 0 fully saturated rings. The van der Waals surface area contributed by atoms with Gasteiger partial charge in [0, 0.05) is 12.5 Å². The summed E-state index contributed by atoms with van der Waals surface area (Å²) in [5.41, 5.74) is 0.445. The van der Waals surface area contributed by atoms with Gasteiger partial charge >= 0.3 is 0 Å². The minimum absolute atomic E-state index is 0.139. The van der Waals surface area contributed by atoms with Crippen molar-refractivity contribution in [2.45, 2.75) is 19.9 Å². The lowest BCUT2D eigenvalue weighted by Gasteiger charge is -2.11. The topological polar surface area (TPSA) is 58.7 Å². The molecule has 0 amide bonds. The molecule has 6 heteroatoms. The number of benzene rings is 1. The summed E-state index contributed by atoms with van der Waals surface area (Å²) in [6.45, 7) is 2.00. The summed E-state index contributed by atoms with van der Waals surface area (Å²) in [6, 6.07) is 7.08. The maximum absolute atomic E-state index is 13.4. The monoisotopic (exact) mass is 291 g/mol. The van der Waals surface area contributed by atoms with Gasteiger partial charge < -0.3 is 0 Å². The van der Waals surface area contributed by atoms with Gasteiger partial charge in [0.25, 0.3) is 5.56 Å². The zero-order valence-corrected chi connectivity index (χ0v) is 11.5. The summed E-state index contributed by atoms with van der Waals surface area (Å²) in [4.78, 5) is 16.0. The number of rotatable bonds is 3. The number of halogens is 2. The molecule has 0 radical (unpaired) electrons. The Morgan fingerprint density at radius 2 is 2.15 bits per heavy atom. The summed E-state index contributed by atoms with van der Waals surface area (Å²) in [7, 11) is 0. The van der Waals surface area contributed by atoms with E-state index in [1.165, 1.54) is 16.7 Å². The molecule has 0 atom stereocenters. The molecule has 0 saturated carbocycles. The Balaban J connectivity index is 2.48. The molecule has 0 N–H and O–H groups in total. The number of hydrogen-bond acceptors (Lipinski definition) is 3. The third-order valence-corrected chi connectivity index (χ3v) is 2.99. The molecule has 0 aliphatic carbocycles. The molecule has 0 unspecified atom stereocenters. The summed E-state index contributed by atoms with van der Waals surface area (Å²) in [5, 5.41) is 8.97. The van der Waals surface area contributed by atoms with Crippen molar-refractivity contribution < 1.29 is 4.39 Å². The van der Waals surface area contributed by atoms with E-state index < -0.39 is 5.82 Å². The minimum Gasteiger partial charge on any atom is -0.292 e. The third-order valence-electron chi connectivity index (χ3n) is 2.80. The first kappa shape index (κ1) is 14.2. The second kappa shape index (κ2) is 5.85. The first-order chi connectivity index (χ1) is 9.53. The Morgan fingerprint density at radius 1 is 1.40 bits per heavy atom. The lowest BCUT2D eigenvalue weighted by molar-refractivity contribution is 0.618. The molecule has 0 saturated heterocycles. The van der Waals surface area contributed by atoms with E-state index in [0.717, 1.165) is 6.07 Å². The zero-order chi connectivity index (χ0) is 14.7. The molecule has 0 aliphatic heterocycles. The molecular weight excluding hydrogens is 281 g/mol. The third kappa shape index (κ3) is 3.03. The first-order valence-electron chi connectivity index (χ1n) is 5.99. The number of nitriles is 1. The van der Waals surface area contributed by atoms with Crippen molar-refractivity contribution in [3.8, 4) is 6.07 Å². The van der Waals surface area contributed by atoms with E-state index in [9.17, 15) is 9.18 Å². The largest absolute Gasteiger partial charge is 0.292 e. The SMILES string of the molecule is CCc1nc(Cl)cc(=O)n1Cc1cc(F)cc(C#N)c1. The van der Waals surface area contributed by atoms with Crippen LogP contribution in [0.3, 0.4) is 0 Å². The Kier molecular flexibility index (Phi) is 4.16. The van der Waals surface area contributed by atoms with Gasteiger partial charge in [0.15, 0.2) is 0 Å². The van der Waals surface area contributed by atoms with E-state index in [1.54, 1.807) is 6.07 Å². The molecule has 2 rings (SSSR count). The average molecular weight is 292 g/mol. The van der Waals surface area contributed by atoms with Crippen molar-refractivity contribution in [1.29, 1.82) is 5.26 Å². The summed E-state index contributed by atoms with van der Waals surface area (Å²) in [6.07, 6.45) is 0.524. The van der Waals surface area contributed by atoms with Crippen LogP contribution in [0.15, 0.2) is 29.1 Å². The van der Waals surface area contributed by atoms with Crippen molar-refractivity contribution in [2.24, 2.45) is 0 Å². The van der Waals surface area contributed by atoms with E-state index in [2.05, 4.69) is 4.98 Å². The highest BCUT2D eigenvalue weighted by atomic mass is 35.5. The fourth-order valence-corrected chi connectivity index (χ4v) is 2.14. The molecule has 20 heavy (non-hydrogen) atoms. The molecular formula is C14H11ClFN3O. The number of aromatic nitrogens is 2. The van der Waals surface area contributed by atoms with Gasteiger partial charge in [0.05, 0.1) is 18.2 Å². The van der Waals surface area contributed by atoms with Gasteiger partial charge in [-0.1, -0.05) is 18.5 Å². The van der Waals surface area contributed by atoms with Crippen LogP contribution in [0.25, 0.3) is 0 Å². The fraction of sp³-hybridized carbons (Fsp3) is 0.214. The van der Waals surface area contributed by atoms with Crippen LogP contribution in [0.4, 0.5) is 4.39 Å². The maximum atomic E-state index is 13.4. The fourth-order valence-electron chi connectivity index (χ4n) is 1.95. The van der Waals surface area contributed by atoms with Crippen LogP contribution in [0.2, 0.25) is 5.15 Å². The predicted octanol–water partition coefficient (Wildman–Crippen LogP) is 2.52. The van der Waals surface area contributed by atoms with Gasteiger partial charge in [0.2, 0.25) is 0 Å². The molecule has 1 aromatic carbocycles. The van der Waals surface area contributed by atoms with Crippen LogP contribution in [0, 0.1) is 17.1 Å². The summed E-state index contributed by atoms with van der Waals surface area (Å²) < 4.78 is 14.8. The van der Waals surface area contributed by atoms with E-state index in [1.807, 2.05) is 13.0 Å². The lowest BCUT2D eigenvalue weighted by Crippen LogP contribution is -2.24. The van der Waals surface area contributed by atoms with Gasteiger partial charge in [0.1, 0.15) is 16.8 Å². The summed E-state index contributed by atoms with van der Waals surface area (Å²) >= 11 is 5.75. The quantitative estimate of drug-likeness (QED) is 0.817. The average Bonchev–Trinajstić information content (AvgIpc) is 2.40. The normalized spacial score (nSPS) is 10.3. The Hall–Kier alpha value is -2.19. The van der Waals surface area contributed by atoms with Crippen molar-refractivity contribution in [3.05, 3.63) is 62.5 Å². The van der Waals surface area contributed by atoms with E-state index >= 15 is 0 Å². The van der Waals surface area contributed by atoms with Gasteiger partial charge in [-0.05, 0) is 23.8 Å². The zero-order valence-electron chi connectivity index (χ0n) is 10.7. The van der Waals surface area contributed by atoms with Crippen LogP contribution in [0.5, 0.6) is 0 Å². The molecule has 1 aromatic heterocycles. The number of nitrogens with zero attached hydrogens (tertiary/aromatic N) is 3. The smallest absolute Gasteiger partial charge is 0.255 e. The molecule has 0 spiro atoms. The molecule has 0 bridgehead atoms. The summed E-state index contributed by atoms with van der Waals surface area (Å²) in [5.74, 6) is 0.0114. The van der Waals surface area contributed by atoms with Gasteiger partial charge in [-0.15, -0.1) is 0 Å². The minimum atomic E-state index is -0.507. The van der Waals surface area contributed by atoms with E-state index in [4.69, 9.17) is 16.9 Å². The standard InChI is InChI=1S/C14H11ClFN3O/c1-2-13-18-12(15)6-14(20)19(13)8-10-3-9(7-17)4-11(16)5-10/h3-6H,2,8H2,1H3. The van der Waals surface area contributed by atoms with Crippen LogP contribution >= 0.6 is 11.6 Å². The Bertz CT molecular complexity index is 749. The second-order valence-corrected chi connectivity index (χ2v) is 4.62. The lowest BCUT2D eigenvalue weighted by atomic mass is 10.1. The van der Waals surface area contributed by atoms with Crippen LogP contribution < -0.4 is 5.56 Å². The Morgan fingerprint density at radius 3 is 2.80 bits per heavy atom. The van der Waals surface area contributed by atoms with E-state index in [0.29, 0.717) is 17.8 Å². The molecule has 0 aliphatic rings. The van der Waals surface area contributed by atoms with E-state index in [-0.39, 0.29) is 22.8 Å². The first-order valence-corrected chi connectivity index (χ1v) is 6.37. The predicted molar refractivity (Wildman–Crippen MR) is 73.1 cm³/mol. The van der Waals surface area contributed by atoms with Crippen LogP contribution in [-0.2, 0) is 13.0 Å². The Labute approximate surface area is 120 Å². The van der Waals surface area contributed by atoms with Crippen molar-refractivity contribution in [3.63, 3.8) is 0 Å². The van der Waals surface area contributed by atoms with Crippen molar-refractivity contribution >= 4 is 11.6 Å². The van der Waals surface area contributed by atoms with Crippen molar-refractivity contribution in [1.82, 2.24) is 9.55 Å². The maximum Gasteiger partial charge on any atom is 0.255 e. The van der Waals surface area contributed by atoms with Gasteiger partial charge in [-0.3, -0.25) is 9.36 Å². The highest BCUT2D eigenvalue weighted by Gasteiger charge is 2.08. The molecule has 1 heterocycles. The number of hydrogen-bond donors (Lipinski definition) is 0. The highest BCUT2D eigenvalue weighted by Crippen LogP contribution is 2.11. The van der Waals surface area contributed by atoms with Gasteiger partial charge in [-0.2, -0.15) is 5.26 Å².